The molecule has 0 bridgehead atoms. The maximum absolute atomic E-state index is 14.3. The fourth-order valence-electron chi connectivity index (χ4n) is 11.0. The number of imide groups is 1. The molecule has 5 aromatic rings. The molecule has 0 radical (unpaired) electrons. The lowest BCUT2D eigenvalue weighted by Gasteiger charge is -2.34. The predicted octanol–water partition coefficient (Wildman–Crippen LogP) is 10.0. The second kappa shape index (κ2) is 25.9. The highest BCUT2D eigenvalue weighted by Crippen LogP contribution is 2.43. The highest BCUT2D eigenvalue weighted by molar-refractivity contribution is 8.77. The van der Waals surface area contributed by atoms with Gasteiger partial charge < -0.3 is 43.1 Å². The van der Waals surface area contributed by atoms with Crippen LogP contribution in [0.15, 0.2) is 96.0 Å². The van der Waals surface area contributed by atoms with Crippen LogP contribution >= 0.6 is 21.6 Å². The van der Waals surface area contributed by atoms with Crippen LogP contribution in [0.1, 0.15) is 100 Å². The maximum atomic E-state index is 14.3. The van der Waals surface area contributed by atoms with Crippen molar-refractivity contribution in [2.75, 3.05) is 80.8 Å². The topological polar surface area (TPSA) is 175 Å². The number of fused-ring (bicyclic) bond motifs is 8. The Hall–Kier alpha value is -6.90. The summed E-state index contributed by atoms with van der Waals surface area (Å²) in [6, 6.07) is 29.9. The largest absolute Gasteiger partial charge is 0.493 e. The molecular formula is C62H69N5O12S2. The Bertz CT molecular complexity index is 3190. The number of ether oxygens (including phenoxy) is 6. The summed E-state index contributed by atoms with van der Waals surface area (Å²) in [6.07, 6.45) is 5.61. The fourth-order valence-corrected chi connectivity index (χ4v) is 13.6. The number of methoxy groups -OCH3 is 2. The van der Waals surface area contributed by atoms with Crippen molar-refractivity contribution in [3.05, 3.63) is 136 Å². The molecule has 17 nitrogen and oxygen atoms in total. The van der Waals surface area contributed by atoms with Crippen molar-refractivity contribution in [3.8, 4) is 17.2 Å². The van der Waals surface area contributed by atoms with Crippen molar-refractivity contribution < 1.29 is 57.2 Å². The van der Waals surface area contributed by atoms with Crippen LogP contribution in [0, 0.1) is 6.92 Å². The van der Waals surface area contributed by atoms with Gasteiger partial charge in [-0.05, 0) is 128 Å². The lowest BCUT2D eigenvalue weighted by molar-refractivity contribution is -0.197. The van der Waals surface area contributed by atoms with Gasteiger partial charge in [-0.25, -0.2) is 4.79 Å². The van der Waals surface area contributed by atoms with E-state index in [9.17, 15) is 24.0 Å². The number of aryl methyl sites for hydroxylation is 2. The Morgan fingerprint density at radius 3 is 2.11 bits per heavy atom. The van der Waals surface area contributed by atoms with E-state index in [0.717, 1.165) is 64.1 Å². The van der Waals surface area contributed by atoms with Crippen molar-refractivity contribution in [1.29, 1.82) is 0 Å². The molecule has 5 aliphatic rings. The normalized spacial score (nSPS) is 17.0. The number of nitrogens with zero attached hydrogens (tertiary/aromatic N) is 5. The monoisotopic (exact) mass is 1140 g/mol. The first-order valence-corrected chi connectivity index (χ1v) is 30.0. The zero-order chi connectivity index (χ0) is 56.6. The van der Waals surface area contributed by atoms with E-state index in [4.69, 9.17) is 38.3 Å². The van der Waals surface area contributed by atoms with E-state index >= 15 is 0 Å². The van der Waals surface area contributed by atoms with Gasteiger partial charge in [0.05, 0.1) is 57.4 Å². The van der Waals surface area contributed by atoms with Crippen molar-refractivity contribution >= 4 is 80.1 Å². The quantitative estimate of drug-likeness (QED) is 0.0290. The minimum Gasteiger partial charge on any atom is -0.493 e. The van der Waals surface area contributed by atoms with Crippen molar-refractivity contribution in [2.24, 2.45) is 4.99 Å². The van der Waals surface area contributed by atoms with Crippen LogP contribution in [-0.4, -0.2) is 124 Å². The third-order valence-corrected chi connectivity index (χ3v) is 18.3. The molecule has 1 fully saturated rings. The number of carbonyl (C=O) groups is 5. The number of rotatable bonds is 26. The molecule has 4 amide bonds. The van der Waals surface area contributed by atoms with Gasteiger partial charge in [0.15, 0.2) is 11.5 Å². The van der Waals surface area contributed by atoms with E-state index in [2.05, 4.69) is 43.0 Å². The molecule has 426 valence electrons. The standard InChI is InChI=1S/C62H69N5O12S2/c1-40-27-49-43(16-17-46-31-44-11-6-8-13-52(44)65(46)60(49)71)33-54(40)77-37-41-28-42(38-78-56-35-51-50(34-55(56)74-5)61(72)66-48(36-63-51)32-45-12-7-9-14-53(45)66)30-47(29-41)64(20-21-75-24-25-76-23-22-73-4)39-62(2,3)81-80-26-10-15-59(70)79-67-57(68)18-19-58(67)69/h6-9,11-14,27-30,33-36,46,48H,10,15-26,31-32,37-39H2,1-5H3/t46-,48+/m1/s1. The van der Waals surface area contributed by atoms with Crippen molar-refractivity contribution in [1.82, 2.24) is 5.06 Å². The minimum atomic E-state index is -0.614. The Balaban J connectivity index is 0.899. The van der Waals surface area contributed by atoms with Crippen LogP contribution in [-0.2, 0) is 65.9 Å². The number of para-hydroxylation sites is 2. The molecule has 81 heavy (non-hydrogen) atoms. The molecular weight excluding hydrogens is 1070 g/mol. The Kier molecular flexibility index (Phi) is 18.3. The van der Waals surface area contributed by atoms with Gasteiger partial charge in [0.2, 0.25) is 0 Å². The number of anilines is 3. The highest BCUT2D eigenvalue weighted by Gasteiger charge is 2.39. The van der Waals surface area contributed by atoms with Gasteiger partial charge in [-0.15, -0.1) is 5.06 Å². The van der Waals surface area contributed by atoms with Gasteiger partial charge in [0.25, 0.3) is 23.6 Å². The first kappa shape index (κ1) is 57.3. The average Bonchev–Trinajstić information content (AvgIpc) is 4.10. The zero-order valence-electron chi connectivity index (χ0n) is 46.6. The summed E-state index contributed by atoms with van der Waals surface area (Å²) in [5, 5.41) is 0.589. The first-order valence-electron chi connectivity index (χ1n) is 27.6. The molecule has 2 atom stereocenters. The molecule has 1 saturated heterocycles. The number of carbonyl (C=O) groups excluding carboxylic acids is 5. The number of hydrogen-bond acceptors (Lipinski definition) is 16. The molecule has 5 aliphatic heterocycles. The van der Waals surface area contributed by atoms with Crippen LogP contribution in [0.3, 0.4) is 0 Å². The molecule has 5 aromatic carbocycles. The van der Waals surface area contributed by atoms with Crippen LogP contribution in [0.4, 0.5) is 22.7 Å². The number of amides is 4. The Labute approximate surface area is 480 Å². The predicted molar refractivity (Wildman–Crippen MR) is 314 cm³/mol. The molecule has 0 N–H and O–H groups in total. The molecule has 0 aliphatic carbocycles. The minimum absolute atomic E-state index is 0.0253. The number of aliphatic imine (C=N–C) groups is 1. The molecule has 0 saturated carbocycles. The number of hydrogen-bond donors (Lipinski definition) is 0. The summed E-state index contributed by atoms with van der Waals surface area (Å²) in [7, 11) is 6.54. The third kappa shape index (κ3) is 13.4. The second-order valence-corrected chi connectivity index (χ2v) is 24.5. The summed E-state index contributed by atoms with van der Waals surface area (Å²) in [5.41, 5.74) is 10.3. The van der Waals surface area contributed by atoms with Gasteiger partial charge >= 0.3 is 5.97 Å². The van der Waals surface area contributed by atoms with E-state index in [-0.39, 0.29) is 61.1 Å². The van der Waals surface area contributed by atoms with Crippen molar-refractivity contribution in [3.63, 3.8) is 0 Å². The molecule has 0 spiro atoms. The van der Waals surface area contributed by atoms with Gasteiger partial charge in [0, 0.05) is 97.3 Å². The summed E-state index contributed by atoms with van der Waals surface area (Å²) in [6.45, 7) is 10.0. The van der Waals surface area contributed by atoms with Crippen LogP contribution in [0.25, 0.3) is 0 Å². The Morgan fingerprint density at radius 1 is 0.716 bits per heavy atom. The van der Waals surface area contributed by atoms with E-state index in [1.54, 1.807) is 47.9 Å². The van der Waals surface area contributed by atoms with E-state index in [1.807, 2.05) is 77.5 Å². The third-order valence-electron chi connectivity index (χ3n) is 15.0. The van der Waals surface area contributed by atoms with Gasteiger partial charge in [-0.1, -0.05) is 58.0 Å². The second-order valence-electron chi connectivity index (χ2n) is 21.4. The molecule has 0 unspecified atom stereocenters. The van der Waals surface area contributed by atoms with Crippen LogP contribution in [0.5, 0.6) is 17.2 Å². The van der Waals surface area contributed by atoms with Gasteiger partial charge in [-0.3, -0.25) is 29.1 Å². The maximum Gasteiger partial charge on any atom is 0.333 e. The highest BCUT2D eigenvalue weighted by atomic mass is 33.1. The molecule has 10 rings (SSSR count). The Morgan fingerprint density at radius 2 is 1.38 bits per heavy atom. The van der Waals surface area contributed by atoms with E-state index < -0.39 is 17.8 Å². The smallest absolute Gasteiger partial charge is 0.333 e. The summed E-state index contributed by atoms with van der Waals surface area (Å²) in [5.74, 6) is 0.437. The average molecular weight is 1140 g/mol. The molecule has 0 aromatic heterocycles. The zero-order valence-corrected chi connectivity index (χ0v) is 48.2. The van der Waals surface area contributed by atoms with Crippen molar-refractivity contribution in [2.45, 2.75) is 102 Å². The summed E-state index contributed by atoms with van der Waals surface area (Å²) < 4.78 is 36.0. The van der Waals surface area contributed by atoms with Gasteiger partial charge in [0.1, 0.15) is 19.0 Å². The molecule has 19 heteroatoms. The summed E-state index contributed by atoms with van der Waals surface area (Å²) in [4.78, 5) is 81.1. The van der Waals surface area contributed by atoms with Gasteiger partial charge in [-0.2, -0.15) is 0 Å². The number of hydroxylamine groups is 2. The lowest BCUT2D eigenvalue weighted by atomic mass is 9.98. The fraction of sp³-hybridized carbons (Fsp3) is 0.419. The van der Waals surface area contributed by atoms with Crippen LogP contribution < -0.4 is 28.9 Å². The van der Waals surface area contributed by atoms with E-state index in [0.29, 0.717) is 104 Å². The SMILES string of the molecule is COCCOCCOCCN(CC(C)(C)SSCCCC(=O)ON1C(=O)CCC1=O)c1cc(COc2cc3c(cc2C)C(=O)N2c4ccccc4C[C@H]2CC3)cc(COc2cc3c(cc2OC)C(=O)N2c4ccccc4C[C@H]2C=N3)c1. The molecule has 5 heterocycles. The van der Waals surface area contributed by atoms with Crippen LogP contribution in [0.2, 0.25) is 0 Å². The lowest BCUT2D eigenvalue weighted by Crippen LogP contribution is -2.38. The summed E-state index contributed by atoms with van der Waals surface area (Å²) >= 11 is 0. The first-order chi connectivity index (χ1) is 39.3. The van der Waals surface area contributed by atoms with E-state index in [1.165, 1.54) is 5.56 Å². The number of benzene rings is 5.